The second-order valence-corrected chi connectivity index (χ2v) is 11.4. The van der Waals surface area contributed by atoms with Crippen LogP contribution in [0.4, 0.5) is 5.69 Å². The number of anilines is 1. The van der Waals surface area contributed by atoms with Gasteiger partial charge in [0, 0.05) is 50.4 Å². The third-order valence-corrected chi connectivity index (χ3v) is 8.02. The van der Waals surface area contributed by atoms with Gasteiger partial charge >= 0.3 is 0 Å². The van der Waals surface area contributed by atoms with Crippen molar-refractivity contribution in [3.8, 4) is 11.5 Å². The molecule has 184 valence electrons. The molecule has 2 aliphatic heterocycles. The van der Waals surface area contributed by atoms with Gasteiger partial charge in [0.05, 0.1) is 5.75 Å². The number of sulfonamides is 1. The molecule has 0 spiro atoms. The van der Waals surface area contributed by atoms with Crippen LogP contribution in [0.2, 0.25) is 0 Å². The molecule has 2 aliphatic rings. The van der Waals surface area contributed by atoms with E-state index in [-0.39, 0.29) is 30.4 Å². The second-order valence-electron chi connectivity index (χ2n) is 9.31. The lowest BCUT2D eigenvalue weighted by molar-refractivity contribution is -0.123. The molecule has 0 aromatic heterocycles. The number of nitrogens with one attached hydrogen (secondary N) is 1. The first-order valence-electron chi connectivity index (χ1n) is 11.7. The minimum atomic E-state index is -3.35. The zero-order chi connectivity index (χ0) is 24.2. The molecule has 0 bridgehead atoms. The normalized spacial score (nSPS) is 17.6. The van der Waals surface area contributed by atoms with Gasteiger partial charge in [-0.05, 0) is 38.5 Å². The molecule has 0 saturated carbocycles. The highest BCUT2D eigenvalue weighted by Gasteiger charge is 2.32. The van der Waals surface area contributed by atoms with Gasteiger partial charge in [0.25, 0.3) is 5.91 Å². The van der Waals surface area contributed by atoms with Crippen molar-refractivity contribution in [3.63, 3.8) is 0 Å². The Labute approximate surface area is 201 Å². The summed E-state index contributed by atoms with van der Waals surface area (Å²) in [5.74, 6) is 0.965. The first-order chi connectivity index (χ1) is 16.2. The molecule has 8 nitrogen and oxygen atoms in total. The van der Waals surface area contributed by atoms with Crippen molar-refractivity contribution in [3.05, 3.63) is 54.1 Å². The van der Waals surface area contributed by atoms with Crippen LogP contribution in [0.15, 0.2) is 48.5 Å². The van der Waals surface area contributed by atoms with Crippen LogP contribution in [0.5, 0.6) is 11.5 Å². The number of benzene rings is 2. The fraction of sp³-hybridized carbons (Fsp3) is 0.480. The highest BCUT2D eigenvalue weighted by Crippen LogP contribution is 2.41. The summed E-state index contributed by atoms with van der Waals surface area (Å²) in [7, 11) is -3.35. The van der Waals surface area contributed by atoms with Crippen LogP contribution in [0.25, 0.3) is 0 Å². The Hall–Kier alpha value is -2.78. The summed E-state index contributed by atoms with van der Waals surface area (Å²) in [5.41, 5.74) is 1.89. The number of ether oxygens (including phenoxy) is 2. The number of piperazine rings is 1. The third kappa shape index (κ3) is 6.01. The molecule has 0 radical (unpaired) electrons. The van der Waals surface area contributed by atoms with E-state index in [1.54, 1.807) is 10.4 Å². The number of hydrogen-bond acceptors (Lipinski definition) is 6. The van der Waals surface area contributed by atoms with Crippen LogP contribution >= 0.6 is 0 Å². The van der Waals surface area contributed by atoms with Crippen molar-refractivity contribution in [1.29, 1.82) is 0 Å². The highest BCUT2D eigenvalue weighted by molar-refractivity contribution is 7.89. The highest BCUT2D eigenvalue weighted by atomic mass is 32.2. The van der Waals surface area contributed by atoms with Crippen molar-refractivity contribution >= 4 is 21.6 Å². The van der Waals surface area contributed by atoms with Gasteiger partial charge in [-0.1, -0.05) is 30.3 Å². The zero-order valence-electron chi connectivity index (χ0n) is 19.8. The lowest BCUT2D eigenvalue weighted by atomic mass is 10.0. The zero-order valence-corrected chi connectivity index (χ0v) is 20.6. The van der Waals surface area contributed by atoms with Crippen molar-refractivity contribution in [2.75, 3.05) is 50.0 Å². The monoisotopic (exact) mass is 487 g/mol. The number of carbonyl (C=O) groups is 1. The van der Waals surface area contributed by atoms with Gasteiger partial charge in [0.2, 0.25) is 10.0 Å². The minimum Gasteiger partial charge on any atom is -0.483 e. The molecule has 0 atom stereocenters. The van der Waals surface area contributed by atoms with Crippen LogP contribution in [0, 0.1) is 0 Å². The van der Waals surface area contributed by atoms with E-state index >= 15 is 0 Å². The molecular weight excluding hydrogens is 454 g/mol. The molecule has 9 heteroatoms. The SMILES string of the molecule is CC1(C)Cc2cccc(OCC(=O)NCCCS(=O)(=O)N3CCN(c4ccccc4)CC3)c2O1. The number of carbonyl (C=O) groups excluding carboxylic acids is 1. The number of hydrogen-bond donors (Lipinski definition) is 1. The fourth-order valence-corrected chi connectivity index (χ4v) is 5.86. The molecule has 1 N–H and O–H groups in total. The Morgan fingerprint density at radius 1 is 1.06 bits per heavy atom. The molecule has 1 amide bonds. The van der Waals surface area contributed by atoms with Crippen LogP contribution in [-0.2, 0) is 21.2 Å². The van der Waals surface area contributed by atoms with E-state index in [0.717, 1.165) is 17.7 Å². The maximum atomic E-state index is 12.7. The van der Waals surface area contributed by atoms with E-state index in [9.17, 15) is 13.2 Å². The maximum absolute atomic E-state index is 12.7. The van der Waals surface area contributed by atoms with Gasteiger partial charge < -0.3 is 19.7 Å². The third-order valence-electron chi connectivity index (χ3n) is 6.07. The van der Waals surface area contributed by atoms with Crippen molar-refractivity contribution < 1.29 is 22.7 Å². The molecule has 34 heavy (non-hydrogen) atoms. The van der Waals surface area contributed by atoms with E-state index in [2.05, 4.69) is 10.2 Å². The van der Waals surface area contributed by atoms with Gasteiger partial charge in [-0.15, -0.1) is 0 Å². The Kier molecular flexibility index (Phi) is 7.33. The Balaban J connectivity index is 1.16. The molecule has 1 fully saturated rings. The van der Waals surface area contributed by atoms with E-state index in [1.807, 2.05) is 56.3 Å². The predicted molar refractivity (Wildman–Crippen MR) is 132 cm³/mol. The smallest absolute Gasteiger partial charge is 0.257 e. The van der Waals surface area contributed by atoms with Crippen molar-refractivity contribution in [2.45, 2.75) is 32.3 Å². The van der Waals surface area contributed by atoms with Crippen LogP contribution < -0.4 is 19.7 Å². The van der Waals surface area contributed by atoms with Crippen LogP contribution in [0.1, 0.15) is 25.8 Å². The standard InChI is InChI=1S/C25H33N3O5S/c1-25(2)18-20-8-6-11-22(24(20)33-25)32-19-23(29)26-12-7-17-34(30,31)28-15-13-27(14-16-28)21-9-4-3-5-10-21/h3-6,8-11H,7,12-19H2,1-2H3,(H,26,29). The maximum Gasteiger partial charge on any atom is 0.257 e. The number of nitrogens with zero attached hydrogens (tertiary/aromatic N) is 2. The largest absolute Gasteiger partial charge is 0.483 e. The van der Waals surface area contributed by atoms with Gasteiger partial charge in [-0.3, -0.25) is 4.79 Å². The number of amides is 1. The van der Waals surface area contributed by atoms with E-state index in [1.165, 1.54) is 0 Å². The quantitative estimate of drug-likeness (QED) is 0.547. The van der Waals surface area contributed by atoms with Crippen LogP contribution in [0.3, 0.4) is 0 Å². The molecule has 0 unspecified atom stereocenters. The minimum absolute atomic E-state index is 0.00852. The summed E-state index contributed by atoms with van der Waals surface area (Å²) in [6.07, 6.45) is 1.15. The molecule has 1 saturated heterocycles. The number of fused-ring (bicyclic) bond motifs is 1. The molecule has 2 aromatic carbocycles. The predicted octanol–water partition coefficient (Wildman–Crippen LogP) is 2.44. The lowest BCUT2D eigenvalue weighted by Gasteiger charge is -2.35. The van der Waals surface area contributed by atoms with Gasteiger partial charge in [0.15, 0.2) is 18.1 Å². The van der Waals surface area contributed by atoms with Crippen molar-refractivity contribution in [2.24, 2.45) is 0 Å². The molecule has 0 aliphatic carbocycles. The summed E-state index contributed by atoms with van der Waals surface area (Å²) in [4.78, 5) is 14.4. The molecule has 2 aromatic rings. The molecular formula is C25H33N3O5S. The van der Waals surface area contributed by atoms with Crippen LogP contribution in [-0.4, -0.2) is 69.3 Å². The second kappa shape index (κ2) is 10.2. The fourth-order valence-electron chi connectivity index (χ4n) is 4.37. The average molecular weight is 488 g/mol. The lowest BCUT2D eigenvalue weighted by Crippen LogP contribution is -2.49. The first kappa shape index (κ1) is 24.3. The molecule has 4 rings (SSSR count). The van der Waals surface area contributed by atoms with Gasteiger partial charge in [-0.25, -0.2) is 8.42 Å². The van der Waals surface area contributed by atoms with Crippen molar-refractivity contribution in [1.82, 2.24) is 9.62 Å². The summed E-state index contributed by atoms with van der Waals surface area (Å²) < 4.78 is 38.6. The summed E-state index contributed by atoms with van der Waals surface area (Å²) >= 11 is 0. The summed E-state index contributed by atoms with van der Waals surface area (Å²) in [6.45, 7) is 6.44. The number of para-hydroxylation sites is 2. The number of rotatable bonds is 9. The summed E-state index contributed by atoms with van der Waals surface area (Å²) in [6, 6.07) is 15.7. The van der Waals surface area contributed by atoms with E-state index in [4.69, 9.17) is 9.47 Å². The van der Waals surface area contributed by atoms with E-state index < -0.39 is 10.0 Å². The molecule has 2 heterocycles. The average Bonchev–Trinajstić information content (AvgIpc) is 3.15. The topological polar surface area (TPSA) is 88.2 Å². The van der Waals surface area contributed by atoms with E-state index in [0.29, 0.717) is 44.1 Å². The van der Waals surface area contributed by atoms with Gasteiger partial charge in [-0.2, -0.15) is 4.31 Å². The Morgan fingerprint density at radius 3 is 2.53 bits per heavy atom. The first-order valence-corrected chi connectivity index (χ1v) is 13.3. The Bertz CT molecular complexity index is 1100. The Morgan fingerprint density at radius 2 is 1.79 bits per heavy atom. The summed E-state index contributed by atoms with van der Waals surface area (Å²) in [5, 5.41) is 2.75. The van der Waals surface area contributed by atoms with Gasteiger partial charge in [0.1, 0.15) is 5.60 Å².